The van der Waals surface area contributed by atoms with Gasteiger partial charge >= 0.3 is 0 Å². The topological polar surface area (TPSA) is 103 Å². The van der Waals surface area contributed by atoms with Crippen molar-refractivity contribution in [3.8, 4) is 0 Å². The zero-order chi connectivity index (χ0) is 42.0. The molecule has 1 saturated carbocycles. The van der Waals surface area contributed by atoms with Gasteiger partial charge in [-0.25, -0.2) is 0 Å². The molecule has 0 bridgehead atoms. The van der Waals surface area contributed by atoms with E-state index in [9.17, 15) is 4.79 Å². The van der Waals surface area contributed by atoms with Gasteiger partial charge in [-0.15, -0.1) is 0 Å². The van der Waals surface area contributed by atoms with E-state index in [1.807, 2.05) is 50.0 Å². The van der Waals surface area contributed by atoms with E-state index in [4.69, 9.17) is 0 Å². The zero-order valence-electron chi connectivity index (χ0n) is 36.6. The number of amides is 1. The van der Waals surface area contributed by atoms with Crippen LogP contribution < -0.4 is 15.1 Å². The Morgan fingerprint density at radius 2 is 1.20 bits per heavy atom. The molecule has 9 rings (SSSR count). The maximum absolute atomic E-state index is 13.7. The Hall–Kier alpha value is -5.23. The molecule has 3 fully saturated rings. The van der Waals surface area contributed by atoms with Crippen molar-refractivity contribution < 1.29 is 4.79 Å². The SMILES string of the molecule is CN(C(=O)C1(C)CCCCC1)[C@H](Cc1ccccn1)CN1CCN(c2cccc3[nH]ccc23)CC1.CN[C@H](Cc1ccccn1)CN1CCN(c2cccc3[nH]ccc23)CC1. The first-order valence-corrected chi connectivity index (χ1v) is 22.7. The van der Waals surface area contributed by atoms with Crippen LogP contribution in [-0.4, -0.2) is 132 Å². The summed E-state index contributed by atoms with van der Waals surface area (Å²) in [5, 5.41) is 6.08. The summed E-state index contributed by atoms with van der Waals surface area (Å²) in [7, 11) is 4.08. The maximum atomic E-state index is 13.7. The van der Waals surface area contributed by atoms with Crippen LogP contribution in [0.5, 0.6) is 0 Å². The number of carbonyl (C=O) groups excluding carboxylic acids is 1. The first kappa shape index (κ1) is 42.5. The third-order valence-electron chi connectivity index (χ3n) is 13.6. The fraction of sp³-hybridized carbons (Fsp3) is 0.460. The molecule has 1 amide bonds. The number of likely N-dealkylation sites (N-methyl/N-ethyl adjacent to an activating group) is 2. The number of H-pyrrole nitrogens is 2. The predicted molar refractivity (Wildman–Crippen MR) is 250 cm³/mol. The number of aromatic amines is 2. The number of pyridine rings is 2. The number of hydrogen-bond acceptors (Lipinski definition) is 8. The fourth-order valence-corrected chi connectivity index (χ4v) is 9.89. The molecule has 61 heavy (non-hydrogen) atoms. The van der Waals surface area contributed by atoms with E-state index in [0.29, 0.717) is 11.9 Å². The summed E-state index contributed by atoms with van der Waals surface area (Å²) >= 11 is 0. The van der Waals surface area contributed by atoms with Gasteiger partial charge in [-0.3, -0.25) is 24.6 Å². The van der Waals surface area contributed by atoms with Gasteiger partial charge in [0.2, 0.25) is 5.91 Å². The normalized spacial score (nSPS) is 18.4. The van der Waals surface area contributed by atoms with Crippen molar-refractivity contribution in [1.82, 2.24) is 40.0 Å². The molecule has 4 aromatic heterocycles. The summed E-state index contributed by atoms with van der Waals surface area (Å²) < 4.78 is 0. The smallest absolute Gasteiger partial charge is 0.228 e. The van der Waals surface area contributed by atoms with Crippen molar-refractivity contribution in [3.63, 3.8) is 0 Å². The number of carbonyl (C=O) groups is 1. The number of nitrogens with one attached hydrogen (secondary N) is 3. The third-order valence-corrected chi connectivity index (χ3v) is 13.6. The predicted octanol–water partition coefficient (Wildman–Crippen LogP) is 7.24. The van der Waals surface area contributed by atoms with Crippen LogP contribution in [0.1, 0.15) is 50.4 Å². The minimum atomic E-state index is -0.219. The second-order valence-electron chi connectivity index (χ2n) is 17.7. The Morgan fingerprint density at radius 3 is 1.70 bits per heavy atom. The molecule has 2 saturated heterocycles. The Labute approximate surface area is 362 Å². The summed E-state index contributed by atoms with van der Waals surface area (Å²) in [6, 6.07) is 30.2. The lowest BCUT2D eigenvalue weighted by Crippen LogP contribution is -2.54. The highest BCUT2D eigenvalue weighted by Crippen LogP contribution is 2.38. The number of benzene rings is 2. The van der Waals surface area contributed by atoms with E-state index < -0.39 is 0 Å². The van der Waals surface area contributed by atoms with Crippen molar-refractivity contribution >= 4 is 39.1 Å². The van der Waals surface area contributed by atoms with Gasteiger partial charge in [0.1, 0.15) is 0 Å². The molecule has 0 radical (unpaired) electrons. The highest BCUT2D eigenvalue weighted by Gasteiger charge is 2.39. The van der Waals surface area contributed by atoms with E-state index in [0.717, 1.165) is 115 Å². The Bertz CT molecular complexity index is 2250. The Balaban J connectivity index is 0.000000176. The fourth-order valence-electron chi connectivity index (χ4n) is 9.89. The lowest BCUT2D eigenvalue weighted by molar-refractivity contribution is -0.144. The lowest BCUT2D eigenvalue weighted by atomic mass is 9.74. The summed E-state index contributed by atoms with van der Waals surface area (Å²) in [5.41, 5.74) is 7.07. The van der Waals surface area contributed by atoms with Crippen LogP contribution in [0.3, 0.4) is 0 Å². The molecule has 0 unspecified atom stereocenters. The monoisotopic (exact) mass is 823 g/mol. The van der Waals surface area contributed by atoms with Crippen LogP contribution in [0, 0.1) is 5.41 Å². The zero-order valence-corrected chi connectivity index (χ0v) is 36.6. The molecule has 2 aliphatic heterocycles. The minimum Gasteiger partial charge on any atom is -0.368 e. The first-order chi connectivity index (χ1) is 29.9. The number of aromatic nitrogens is 4. The van der Waals surface area contributed by atoms with Gasteiger partial charge < -0.3 is 30.0 Å². The van der Waals surface area contributed by atoms with Gasteiger partial charge in [0.15, 0.2) is 0 Å². The molecular formula is C50H66N10O. The highest BCUT2D eigenvalue weighted by molar-refractivity contribution is 5.93. The standard InChI is InChI=1S/C29H39N5O.C21H27N5/c1-29(13-5-3-6-14-29)28(35)32(2)24(21-23-9-4-7-15-30-23)22-33-17-19-34(20-18-33)27-11-8-10-26-25(27)12-16-31-26;1-22-18(15-17-5-2-3-9-23-17)16-25-11-13-26(14-12-25)21-7-4-6-20-19(21)8-10-24-20/h4,7-12,15-16,24,31H,3,5-6,13-14,17-22H2,1-2H3;2-10,18,22,24H,11-16H2,1H3/t24-;18-/m11/s1. The van der Waals surface area contributed by atoms with Crippen molar-refractivity contribution in [2.45, 2.75) is 64.0 Å². The number of fused-ring (bicyclic) bond motifs is 2. The van der Waals surface area contributed by atoms with E-state index >= 15 is 0 Å². The molecule has 11 heteroatoms. The molecule has 6 aromatic rings. The van der Waals surface area contributed by atoms with Gasteiger partial charge in [0.05, 0.1) is 0 Å². The molecule has 2 aromatic carbocycles. The van der Waals surface area contributed by atoms with Gasteiger partial charge in [0, 0.05) is 172 Å². The summed E-state index contributed by atoms with van der Waals surface area (Å²) in [4.78, 5) is 41.6. The van der Waals surface area contributed by atoms with E-state index in [1.165, 1.54) is 39.6 Å². The van der Waals surface area contributed by atoms with Crippen molar-refractivity contribution in [3.05, 3.63) is 121 Å². The van der Waals surface area contributed by atoms with E-state index in [2.05, 4.69) is 130 Å². The van der Waals surface area contributed by atoms with Gasteiger partial charge in [-0.1, -0.05) is 50.5 Å². The first-order valence-electron chi connectivity index (χ1n) is 22.7. The van der Waals surface area contributed by atoms with Gasteiger partial charge in [-0.05, 0) is 80.6 Å². The molecular weight excluding hydrogens is 757 g/mol. The minimum absolute atomic E-state index is 0.121. The van der Waals surface area contributed by atoms with Crippen LogP contribution in [-0.2, 0) is 17.6 Å². The van der Waals surface area contributed by atoms with Crippen LogP contribution in [0.4, 0.5) is 11.4 Å². The summed E-state index contributed by atoms with van der Waals surface area (Å²) in [5.74, 6) is 0.316. The van der Waals surface area contributed by atoms with Crippen LogP contribution in [0.2, 0.25) is 0 Å². The van der Waals surface area contributed by atoms with Gasteiger partial charge in [0.25, 0.3) is 0 Å². The van der Waals surface area contributed by atoms with Crippen LogP contribution >= 0.6 is 0 Å². The largest absolute Gasteiger partial charge is 0.368 e. The lowest BCUT2D eigenvalue weighted by Gasteiger charge is -2.42. The number of hydrogen-bond donors (Lipinski definition) is 3. The molecule has 3 aliphatic rings. The second-order valence-corrected chi connectivity index (χ2v) is 17.7. The molecule has 0 spiro atoms. The maximum Gasteiger partial charge on any atom is 0.228 e. The van der Waals surface area contributed by atoms with Gasteiger partial charge in [-0.2, -0.15) is 0 Å². The Kier molecular flexibility index (Phi) is 14.0. The van der Waals surface area contributed by atoms with Crippen LogP contribution in [0.25, 0.3) is 21.8 Å². The van der Waals surface area contributed by atoms with E-state index in [1.54, 1.807) is 0 Å². The van der Waals surface area contributed by atoms with E-state index in [-0.39, 0.29) is 11.5 Å². The van der Waals surface area contributed by atoms with Crippen LogP contribution in [0.15, 0.2) is 110 Å². The molecule has 3 N–H and O–H groups in total. The Morgan fingerprint density at radius 1 is 0.672 bits per heavy atom. The number of anilines is 2. The second kappa shape index (κ2) is 20.1. The molecule has 11 nitrogen and oxygen atoms in total. The van der Waals surface area contributed by atoms with Crippen molar-refractivity contribution in [2.75, 3.05) is 89.3 Å². The number of piperazine rings is 2. The van der Waals surface area contributed by atoms with Crippen molar-refractivity contribution in [1.29, 1.82) is 0 Å². The average Bonchev–Trinajstić information content (AvgIpc) is 4.01. The molecule has 2 atom stereocenters. The highest BCUT2D eigenvalue weighted by atomic mass is 16.2. The summed E-state index contributed by atoms with van der Waals surface area (Å²) in [6.45, 7) is 12.5. The quantitative estimate of drug-likeness (QED) is 0.112. The summed E-state index contributed by atoms with van der Waals surface area (Å²) in [6.07, 6.45) is 15.2. The molecule has 6 heterocycles. The van der Waals surface area contributed by atoms with Crippen molar-refractivity contribution in [2.24, 2.45) is 5.41 Å². The average molecular weight is 823 g/mol. The molecule has 1 aliphatic carbocycles. The number of rotatable bonds is 13. The number of nitrogens with zero attached hydrogens (tertiary/aromatic N) is 7. The molecule has 322 valence electrons. The third kappa shape index (κ3) is 10.5.